The Balaban J connectivity index is 2.12. The predicted octanol–water partition coefficient (Wildman–Crippen LogP) is 1.25. The van der Waals surface area contributed by atoms with Crippen LogP contribution < -0.4 is 0 Å². The van der Waals surface area contributed by atoms with E-state index >= 15 is 0 Å². The predicted molar refractivity (Wildman–Crippen MR) is 64.9 cm³/mol. The molecule has 18 heavy (non-hydrogen) atoms. The summed E-state index contributed by atoms with van der Waals surface area (Å²) in [6, 6.07) is 2.97. The first kappa shape index (κ1) is 12.5. The zero-order valence-electron chi connectivity index (χ0n) is 10.3. The maximum atomic E-state index is 12.2. The van der Waals surface area contributed by atoms with Crippen molar-refractivity contribution in [3.05, 3.63) is 30.1 Å². The molecule has 5 nitrogen and oxygen atoms in total. The lowest BCUT2D eigenvalue weighted by Crippen LogP contribution is -2.41. The largest absolute Gasteiger partial charge is 0.464 e. The van der Waals surface area contributed by atoms with Gasteiger partial charge in [-0.15, -0.1) is 0 Å². The quantitative estimate of drug-likeness (QED) is 0.755. The Labute approximate surface area is 106 Å². The van der Waals surface area contributed by atoms with Gasteiger partial charge < -0.3 is 9.64 Å². The minimum Gasteiger partial charge on any atom is -0.464 e. The molecule has 0 bridgehead atoms. The first-order chi connectivity index (χ1) is 8.74. The Bertz CT molecular complexity index is 433. The Morgan fingerprint density at radius 1 is 1.56 bits per heavy atom. The molecule has 1 atom stereocenters. The molecule has 0 N–H and O–H groups in total. The van der Waals surface area contributed by atoms with Crippen LogP contribution in [0.25, 0.3) is 0 Å². The van der Waals surface area contributed by atoms with Crippen molar-refractivity contribution in [2.75, 3.05) is 13.2 Å². The van der Waals surface area contributed by atoms with Gasteiger partial charge in [0.25, 0.3) is 5.91 Å². The highest BCUT2D eigenvalue weighted by Gasteiger charge is 2.35. The lowest BCUT2D eigenvalue weighted by molar-refractivity contribution is -0.147. The summed E-state index contributed by atoms with van der Waals surface area (Å²) in [5.74, 6) is -0.467. The average Bonchev–Trinajstić information content (AvgIpc) is 2.88. The molecule has 1 aliphatic heterocycles. The SMILES string of the molecule is CCOC(=O)C1CCCN1C(=O)c1cccnc1. The van der Waals surface area contributed by atoms with Crippen LogP contribution in [0.2, 0.25) is 0 Å². The zero-order chi connectivity index (χ0) is 13.0. The van der Waals surface area contributed by atoms with Gasteiger partial charge in [0.2, 0.25) is 0 Å². The van der Waals surface area contributed by atoms with Crippen molar-refractivity contribution < 1.29 is 14.3 Å². The van der Waals surface area contributed by atoms with Crippen molar-refractivity contribution in [2.45, 2.75) is 25.8 Å². The van der Waals surface area contributed by atoms with E-state index in [4.69, 9.17) is 4.74 Å². The van der Waals surface area contributed by atoms with E-state index in [9.17, 15) is 9.59 Å². The first-order valence-corrected chi connectivity index (χ1v) is 6.11. The van der Waals surface area contributed by atoms with Gasteiger partial charge in [-0.1, -0.05) is 0 Å². The van der Waals surface area contributed by atoms with E-state index in [2.05, 4.69) is 4.98 Å². The van der Waals surface area contributed by atoms with E-state index < -0.39 is 6.04 Å². The Morgan fingerprint density at radius 2 is 2.39 bits per heavy atom. The van der Waals surface area contributed by atoms with Crippen LogP contribution in [-0.2, 0) is 9.53 Å². The summed E-state index contributed by atoms with van der Waals surface area (Å²) in [6.07, 6.45) is 4.63. The molecule has 0 aromatic carbocycles. The van der Waals surface area contributed by atoms with Crippen molar-refractivity contribution in [3.8, 4) is 0 Å². The third kappa shape index (κ3) is 2.50. The van der Waals surface area contributed by atoms with E-state index in [1.165, 1.54) is 6.20 Å². The molecule has 96 valence electrons. The summed E-state index contributed by atoms with van der Waals surface area (Å²) in [5, 5.41) is 0. The molecule has 0 aliphatic carbocycles. The Hall–Kier alpha value is -1.91. The highest BCUT2D eigenvalue weighted by molar-refractivity contribution is 5.96. The number of pyridine rings is 1. The van der Waals surface area contributed by atoms with Crippen molar-refractivity contribution in [2.24, 2.45) is 0 Å². The van der Waals surface area contributed by atoms with Crippen LogP contribution in [0.15, 0.2) is 24.5 Å². The minimum atomic E-state index is -0.447. The average molecular weight is 248 g/mol. The van der Waals surface area contributed by atoms with Gasteiger partial charge in [0.15, 0.2) is 0 Å². The normalized spacial score (nSPS) is 18.7. The summed E-state index contributed by atoms with van der Waals surface area (Å²) in [4.78, 5) is 29.5. The van der Waals surface area contributed by atoms with Crippen LogP contribution in [0.1, 0.15) is 30.1 Å². The summed E-state index contributed by atoms with van der Waals surface area (Å²) in [7, 11) is 0. The van der Waals surface area contributed by atoms with Crippen molar-refractivity contribution in [1.29, 1.82) is 0 Å². The lowest BCUT2D eigenvalue weighted by atomic mass is 10.2. The molecule has 1 aromatic heterocycles. The number of aromatic nitrogens is 1. The van der Waals surface area contributed by atoms with E-state index in [-0.39, 0.29) is 11.9 Å². The third-order valence-electron chi connectivity index (χ3n) is 2.98. The smallest absolute Gasteiger partial charge is 0.328 e. The molecule has 5 heteroatoms. The molecule has 1 fully saturated rings. The maximum Gasteiger partial charge on any atom is 0.328 e. The second-order valence-electron chi connectivity index (χ2n) is 4.15. The van der Waals surface area contributed by atoms with Crippen LogP contribution in [0, 0.1) is 0 Å². The topological polar surface area (TPSA) is 59.5 Å². The van der Waals surface area contributed by atoms with Gasteiger partial charge in [-0.25, -0.2) is 4.79 Å². The van der Waals surface area contributed by atoms with Gasteiger partial charge in [0.05, 0.1) is 12.2 Å². The summed E-state index contributed by atoms with van der Waals surface area (Å²) in [6.45, 7) is 2.70. The minimum absolute atomic E-state index is 0.154. The van der Waals surface area contributed by atoms with Gasteiger partial charge in [-0.3, -0.25) is 9.78 Å². The number of hydrogen-bond donors (Lipinski definition) is 0. The number of likely N-dealkylation sites (tertiary alicyclic amines) is 1. The number of ether oxygens (including phenoxy) is 1. The van der Waals surface area contributed by atoms with Gasteiger partial charge in [0.1, 0.15) is 6.04 Å². The molecule has 1 saturated heterocycles. The molecule has 0 saturated carbocycles. The summed E-state index contributed by atoms with van der Waals surface area (Å²) >= 11 is 0. The molecule has 2 rings (SSSR count). The summed E-state index contributed by atoms with van der Waals surface area (Å²) in [5.41, 5.74) is 0.508. The van der Waals surface area contributed by atoms with Crippen LogP contribution >= 0.6 is 0 Å². The van der Waals surface area contributed by atoms with E-state index in [1.54, 1.807) is 30.2 Å². The molecular weight excluding hydrogens is 232 g/mol. The number of carbonyl (C=O) groups excluding carboxylic acids is 2. The lowest BCUT2D eigenvalue weighted by Gasteiger charge is -2.22. The number of hydrogen-bond acceptors (Lipinski definition) is 4. The van der Waals surface area contributed by atoms with Crippen molar-refractivity contribution in [1.82, 2.24) is 9.88 Å². The Kier molecular flexibility index (Phi) is 3.92. The molecule has 1 aliphatic rings. The number of esters is 1. The molecule has 2 heterocycles. The van der Waals surface area contributed by atoms with Crippen molar-refractivity contribution >= 4 is 11.9 Å². The second-order valence-corrected chi connectivity index (χ2v) is 4.15. The molecule has 1 unspecified atom stereocenters. The van der Waals surface area contributed by atoms with Crippen LogP contribution in [-0.4, -0.2) is 41.0 Å². The number of carbonyl (C=O) groups is 2. The maximum absolute atomic E-state index is 12.2. The second kappa shape index (κ2) is 5.62. The van der Waals surface area contributed by atoms with Crippen molar-refractivity contribution in [3.63, 3.8) is 0 Å². The fourth-order valence-electron chi connectivity index (χ4n) is 2.15. The first-order valence-electron chi connectivity index (χ1n) is 6.11. The third-order valence-corrected chi connectivity index (χ3v) is 2.98. The van der Waals surface area contributed by atoms with E-state index in [0.717, 1.165) is 6.42 Å². The monoisotopic (exact) mass is 248 g/mol. The Morgan fingerprint density at radius 3 is 3.06 bits per heavy atom. The number of rotatable bonds is 3. The highest BCUT2D eigenvalue weighted by Crippen LogP contribution is 2.20. The fraction of sp³-hybridized carbons (Fsp3) is 0.462. The molecule has 0 spiro atoms. The van der Waals surface area contributed by atoms with Crippen LogP contribution in [0.3, 0.4) is 0 Å². The number of nitrogens with zero attached hydrogens (tertiary/aromatic N) is 2. The highest BCUT2D eigenvalue weighted by atomic mass is 16.5. The number of amides is 1. The van der Waals surface area contributed by atoms with E-state index in [0.29, 0.717) is 25.1 Å². The van der Waals surface area contributed by atoms with Gasteiger partial charge in [-0.05, 0) is 31.9 Å². The molecule has 0 radical (unpaired) electrons. The standard InChI is InChI=1S/C13H16N2O3/c1-2-18-13(17)11-6-4-8-15(11)12(16)10-5-3-7-14-9-10/h3,5,7,9,11H,2,4,6,8H2,1H3. The van der Waals surface area contributed by atoms with Gasteiger partial charge in [0, 0.05) is 18.9 Å². The van der Waals surface area contributed by atoms with E-state index in [1.807, 2.05) is 0 Å². The molecule has 1 aromatic rings. The van der Waals surface area contributed by atoms with Gasteiger partial charge >= 0.3 is 5.97 Å². The molecular formula is C13H16N2O3. The van der Waals surface area contributed by atoms with Crippen LogP contribution in [0.4, 0.5) is 0 Å². The zero-order valence-corrected chi connectivity index (χ0v) is 10.3. The summed E-state index contributed by atoms with van der Waals surface area (Å²) < 4.78 is 4.99. The molecule has 1 amide bonds. The van der Waals surface area contributed by atoms with Gasteiger partial charge in [-0.2, -0.15) is 0 Å². The fourth-order valence-corrected chi connectivity index (χ4v) is 2.15. The van der Waals surface area contributed by atoms with Crippen LogP contribution in [0.5, 0.6) is 0 Å².